The zero-order valence-corrected chi connectivity index (χ0v) is 15.5. The van der Waals surface area contributed by atoms with Crippen LogP contribution in [0.4, 0.5) is 0 Å². The first kappa shape index (κ1) is 17.7. The SMILES string of the molecule is CSN1CCC(Cc2ccccn2)(NC(=O)C2CCCN2C)CC1. The lowest BCUT2D eigenvalue weighted by Gasteiger charge is -2.42. The molecule has 24 heavy (non-hydrogen) atoms. The van der Waals surface area contributed by atoms with Gasteiger partial charge in [-0.05, 0) is 57.7 Å². The fraction of sp³-hybridized carbons (Fsp3) is 0.667. The van der Waals surface area contributed by atoms with Crippen molar-refractivity contribution >= 4 is 17.9 Å². The van der Waals surface area contributed by atoms with Crippen LogP contribution in [0.15, 0.2) is 24.4 Å². The fourth-order valence-electron chi connectivity index (χ4n) is 3.88. The molecule has 1 N–H and O–H groups in total. The molecule has 1 aromatic rings. The maximum absolute atomic E-state index is 12.9. The first-order chi connectivity index (χ1) is 11.6. The lowest BCUT2D eigenvalue weighted by Crippen LogP contribution is -2.58. The fourth-order valence-corrected chi connectivity index (χ4v) is 4.43. The highest BCUT2D eigenvalue weighted by Crippen LogP contribution is 2.29. The molecule has 2 aliphatic rings. The number of carbonyl (C=O) groups is 1. The minimum Gasteiger partial charge on any atom is -0.349 e. The van der Waals surface area contributed by atoms with Crippen LogP contribution in [0.1, 0.15) is 31.4 Å². The summed E-state index contributed by atoms with van der Waals surface area (Å²) in [5.74, 6) is 0.198. The molecular formula is C18H28N4OS. The average molecular weight is 349 g/mol. The van der Waals surface area contributed by atoms with Crippen molar-refractivity contribution < 1.29 is 4.79 Å². The zero-order valence-electron chi connectivity index (χ0n) is 14.7. The van der Waals surface area contributed by atoms with E-state index < -0.39 is 0 Å². The van der Waals surface area contributed by atoms with E-state index >= 15 is 0 Å². The van der Waals surface area contributed by atoms with Gasteiger partial charge in [0.05, 0.1) is 6.04 Å². The number of nitrogens with zero attached hydrogens (tertiary/aromatic N) is 3. The van der Waals surface area contributed by atoms with Crippen molar-refractivity contribution in [3.8, 4) is 0 Å². The molecule has 1 aromatic heterocycles. The van der Waals surface area contributed by atoms with Crippen LogP contribution in [0.3, 0.4) is 0 Å². The predicted molar refractivity (Wildman–Crippen MR) is 98.8 cm³/mol. The zero-order chi connectivity index (χ0) is 17.0. The number of likely N-dealkylation sites (tertiary alicyclic amines) is 1. The van der Waals surface area contributed by atoms with Gasteiger partial charge in [0.25, 0.3) is 0 Å². The molecule has 1 amide bonds. The van der Waals surface area contributed by atoms with Crippen LogP contribution in [0.5, 0.6) is 0 Å². The van der Waals surface area contributed by atoms with E-state index in [0.717, 1.165) is 57.4 Å². The molecule has 0 aliphatic carbocycles. The van der Waals surface area contributed by atoms with Gasteiger partial charge in [0.1, 0.15) is 0 Å². The summed E-state index contributed by atoms with van der Waals surface area (Å²) in [5.41, 5.74) is 0.899. The molecule has 5 nitrogen and oxygen atoms in total. The summed E-state index contributed by atoms with van der Waals surface area (Å²) in [7, 11) is 2.05. The first-order valence-electron chi connectivity index (χ1n) is 8.83. The van der Waals surface area contributed by atoms with E-state index in [9.17, 15) is 4.79 Å². The molecule has 0 saturated carbocycles. The summed E-state index contributed by atoms with van der Waals surface area (Å²) >= 11 is 1.79. The van der Waals surface area contributed by atoms with E-state index in [1.54, 1.807) is 11.9 Å². The Morgan fingerprint density at radius 3 is 2.75 bits per heavy atom. The highest BCUT2D eigenvalue weighted by Gasteiger charge is 2.39. The minimum atomic E-state index is -0.166. The molecular weight excluding hydrogens is 320 g/mol. The predicted octanol–water partition coefficient (Wildman–Crippen LogP) is 1.95. The highest BCUT2D eigenvalue weighted by atomic mass is 32.2. The van der Waals surface area contributed by atoms with Crippen LogP contribution in [-0.4, -0.2) is 64.6 Å². The van der Waals surface area contributed by atoms with Gasteiger partial charge < -0.3 is 5.32 Å². The lowest BCUT2D eigenvalue weighted by atomic mass is 9.83. The Kier molecular flexibility index (Phi) is 5.79. The minimum absolute atomic E-state index is 0.0317. The smallest absolute Gasteiger partial charge is 0.237 e. The summed E-state index contributed by atoms with van der Waals surface area (Å²) in [4.78, 5) is 19.6. The van der Waals surface area contributed by atoms with Crippen molar-refractivity contribution in [1.29, 1.82) is 0 Å². The monoisotopic (exact) mass is 348 g/mol. The number of rotatable bonds is 5. The Bertz CT molecular complexity index is 545. The Morgan fingerprint density at radius 1 is 1.38 bits per heavy atom. The van der Waals surface area contributed by atoms with Crippen molar-refractivity contribution in [3.63, 3.8) is 0 Å². The van der Waals surface area contributed by atoms with Crippen LogP contribution in [0.25, 0.3) is 0 Å². The van der Waals surface area contributed by atoms with Gasteiger partial charge in [0.15, 0.2) is 0 Å². The van der Waals surface area contributed by atoms with E-state index in [0.29, 0.717) is 0 Å². The molecule has 2 aliphatic heterocycles. The third-order valence-electron chi connectivity index (χ3n) is 5.39. The Hall–Kier alpha value is -1.11. The number of nitrogens with one attached hydrogen (secondary N) is 1. The van der Waals surface area contributed by atoms with Crippen LogP contribution < -0.4 is 5.32 Å². The van der Waals surface area contributed by atoms with Crippen molar-refractivity contribution in [2.24, 2.45) is 0 Å². The number of hydrogen-bond acceptors (Lipinski definition) is 5. The molecule has 132 valence electrons. The molecule has 3 rings (SSSR count). The third-order valence-corrected chi connectivity index (χ3v) is 6.28. The van der Waals surface area contributed by atoms with Crippen LogP contribution in [0, 0.1) is 0 Å². The van der Waals surface area contributed by atoms with Gasteiger partial charge in [-0.25, -0.2) is 0 Å². The third kappa shape index (κ3) is 4.10. The summed E-state index contributed by atoms with van der Waals surface area (Å²) < 4.78 is 2.38. The van der Waals surface area contributed by atoms with Gasteiger partial charge in [-0.1, -0.05) is 18.0 Å². The number of aromatic nitrogens is 1. The summed E-state index contributed by atoms with van der Waals surface area (Å²) in [6.07, 6.45) is 8.82. The van der Waals surface area contributed by atoms with Gasteiger partial charge >= 0.3 is 0 Å². The van der Waals surface area contributed by atoms with Crippen molar-refractivity contribution in [1.82, 2.24) is 19.5 Å². The Balaban J connectivity index is 1.73. The van der Waals surface area contributed by atoms with Gasteiger partial charge in [0.2, 0.25) is 5.91 Å². The number of piperidine rings is 1. The molecule has 2 fully saturated rings. The second-order valence-corrected chi connectivity index (χ2v) is 7.90. The van der Waals surface area contributed by atoms with Crippen LogP contribution >= 0.6 is 11.9 Å². The van der Waals surface area contributed by atoms with E-state index in [2.05, 4.69) is 38.9 Å². The number of likely N-dealkylation sites (N-methyl/N-ethyl adjacent to an activating group) is 1. The molecule has 0 spiro atoms. The van der Waals surface area contributed by atoms with Crippen molar-refractivity contribution in [2.75, 3.05) is 32.9 Å². The topological polar surface area (TPSA) is 48.5 Å². The van der Waals surface area contributed by atoms with E-state index in [1.165, 1.54) is 0 Å². The molecule has 0 aromatic carbocycles. The van der Waals surface area contributed by atoms with Gasteiger partial charge in [-0.2, -0.15) is 0 Å². The van der Waals surface area contributed by atoms with Gasteiger partial charge in [-0.15, -0.1) is 0 Å². The number of hydrogen-bond donors (Lipinski definition) is 1. The van der Waals surface area contributed by atoms with E-state index in [-0.39, 0.29) is 17.5 Å². The van der Waals surface area contributed by atoms with Crippen LogP contribution in [-0.2, 0) is 11.2 Å². The molecule has 1 atom stereocenters. The Morgan fingerprint density at radius 2 is 2.17 bits per heavy atom. The standard InChI is InChI=1S/C18H28N4OS/c1-21-11-5-7-16(21)17(23)20-18(8-12-22(24-2)13-9-18)14-15-6-3-4-10-19-15/h3-4,6,10,16H,5,7-9,11-14H2,1-2H3,(H,20,23). The molecule has 3 heterocycles. The van der Waals surface area contributed by atoms with Gasteiger partial charge in [-0.3, -0.25) is 19.0 Å². The number of amides is 1. The van der Waals surface area contributed by atoms with Crippen molar-refractivity contribution in [2.45, 2.75) is 43.7 Å². The summed E-state index contributed by atoms with van der Waals surface area (Å²) in [6, 6.07) is 6.07. The van der Waals surface area contributed by atoms with E-state index in [4.69, 9.17) is 0 Å². The maximum Gasteiger partial charge on any atom is 0.237 e. The summed E-state index contributed by atoms with van der Waals surface area (Å²) in [5, 5.41) is 3.44. The normalized spacial score (nSPS) is 24.8. The molecule has 6 heteroatoms. The van der Waals surface area contributed by atoms with E-state index in [1.807, 2.05) is 18.3 Å². The average Bonchev–Trinajstić information content (AvgIpc) is 3.03. The molecule has 1 unspecified atom stereocenters. The first-order valence-corrected chi connectivity index (χ1v) is 10.0. The van der Waals surface area contributed by atoms with Gasteiger partial charge in [0, 0.05) is 36.9 Å². The second-order valence-electron chi connectivity index (χ2n) is 7.02. The maximum atomic E-state index is 12.9. The summed E-state index contributed by atoms with van der Waals surface area (Å²) in [6.45, 7) is 3.04. The molecule has 0 bridgehead atoms. The largest absolute Gasteiger partial charge is 0.349 e. The molecule has 0 radical (unpaired) electrons. The lowest BCUT2D eigenvalue weighted by molar-refractivity contribution is -0.127. The highest BCUT2D eigenvalue weighted by molar-refractivity contribution is 7.96. The molecule has 2 saturated heterocycles. The van der Waals surface area contributed by atoms with Crippen molar-refractivity contribution in [3.05, 3.63) is 30.1 Å². The quantitative estimate of drug-likeness (QED) is 0.824. The second kappa shape index (κ2) is 7.85. The van der Waals surface area contributed by atoms with Crippen LogP contribution in [0.2, 0.25) is 0 Å². The Labute approximate surface area is 149 Å². The number of pyridine rings is 1. The number of carbonyl (C=O) groups excluding carboxylic acids is 1.